The molecule has 4 heterocycles. The maximum absolute atomic E-state index is 14.7. The molecule has 0 fully saturated rings. The molecule has 184 valence electrons. The van der Waals surface area contributed by atoms with Crippen LogP contribution in [0.3, 0.4) is 0 Å². The Bertz CT molecular complexity index is 1440. The maximum atomic E-state index is 14.7. The Labute approximate surface area is 210 Å². The normalized spacial score (nSPS) is 13.3. The first-order chi connectivity index (χ1) is 17.5. The van der Waals surface area contributed by atoms with E-state index in [2.05, 4.69) is 30.6 Å². The number of hydrogen-bond donors (Lipinski definition) is 2. The van der Waals surface area contributed by atoms with Crippen LogP contribution in [-0.4, -0.2) is 52.0 Å². The van der Waals surface area contributed by atoms with E-state index in [0.717, 1.165) is 11.1 Å². The molecule has 1 aromatic carbocycles. The zero-order valence-corrected chi connectivity index (χ0v) is 20.4. The SMILES string of the molecule is CNC(=O)c1ccnc2c([C@H](C)SCNc3cc(-c4cnc5c(c4)OCCO5)ncn3)ccc(F)c12. The summed E-state index contributed by atoms with van der Waals surface area (Å²) in [5, 5.41) is 6.04. The number of amides is 1. The molecule has 11 heteroatoms. The first-order valence-electron chi connectivity index (χ1n) is 11.3. The van der Waals surface area contributed by atoms with Crippen molar-refractivity contribution in [1.29, 1.82) is 0 Å². The van der Waals surface area contributed by atoms with Crippen molar-refractivity contribution in [1.82, 2.24) is 25.3 Å². The van der Waals surface area contributed by atoms with Crippen LogP contribution in [0, 0.1) is 5.82 Å². The highest BCUT2D eigenvalue weighted by Gasteiger charge is 2.19. The molecule has 1 aliphatic heterocycles. The summed E-state index contributed by atoms with van der Waals surface area (Å²) in [6.45, 7) is 2.98. The molecule has 1 atom stereocenters. The van der Waals surface area contributed by atoms with Gasteiger partial charge in [0.1, 0.15) is 31.2 Å². The van der Waals surface area contributed by atoms with Crippen LogP contribution in [0.25, 0.3) is 22.2 Å². The fraction of sp³-hybridized carbons (Fsp3) is 0.240. The van der Waals surface area contributed by atoms with Crippen molar-refractivity contribution in [3.05, 3.63) is 66.0 Å². The number of carbonyl (C=O) groups excluding carboxylic acids is 1. The van der Waals surface area contributed by atoms with Crippen molar-refractivity contribution < 1.29 is 18.7 Å². The minimum atomic E-state index is -0.474. The van der Waals surface area contributed by atoms with Crippen LogP contribution in [0.5, 0.6) is 11.6 Å². The molecule has 0 saturated carbocycles. The third-order valence-electron chi connectivity index (χ3n) is 5.73. The van der Waals surface area contributed by atoms with Gasteiger partial charge in [0, 0.05) is 41.7 Å². The van der Waals surface area contributed by atoms with Gasteiger partial charge in [-0.05, 0) is 30.7 Å². The second-order valence-electron chi connectivity index (χ2n) is 7.94. The number of benzene rings is 1. The summed E-state index contributed by atoms with van der Waals surface area (Å²) in [6.07, 6.45) is 4.71. The first kappa shape index (κ1) is 23.7. The summed E-state index contributed by atoms with van der Waals surface area (Å²) in [7, 11) is 1.52. The molecule has 5 rings (SSSR count). The molecule has 0 unspecified atom stereocenters. The van der Waals surface area contributed by atoms with Crippen molar-refractivity contribution in [2.75, 3.05) is 31.5 Å². The fourth-order valence-electron chi connectivity index (χ4n) is 3.92. The van der Waals surface area contributed by atoms with Crippen LogP contribution < -0.4 is 20.1 Å². The van der Waals surface area contributed by atoms with E-state index < -0.39 is 5.82 Å². The van der Waals surface area contributed by atoms with E-state index in [1.54, 1.807) is 24.0 Å². The smallest absolute Gasteiger partial charge is 0.257 e. The Morgan fingerprint density at radius 1 is 1.14 bits per heavy atom. The predicted molar refractivity (Wildman–Crippen MR) is 136 cm³/mol. The Morgan fingerprint density at radius 2 is 2.00 bits per heavy atom. The molecular weight excluding hydrogens is 483 g/mol. The molecule has 0 aliphatic carbocycles. The van der Waals surface area contributed by atoms with Gasteiger partial charge in [0.2, 0.25) is 0 Å². The lowest BCUT2D eigenvalue weighted by Gasteiger charge is -2.17. The van der Waals surface area contributed by atoms with E-state index in [1.165, 1.54) is 31.7 Å². The molecule has 4 aromatic rings. The third kappa shape index (κ3) is 4.74. The Balaban J connectivity index is 1.30. The quantitative estimate of drug-likeness (QED) is 0.356. The van der Waals surface area contributed by atoms with E-state index >= 15 is 0 Å². The standard InChI is InChI=1S/C25H23FN6O3S/c1-14(16-3-4-18(26)22-17(24(33)27-2)5-6-28-23(16)22)36-13-32-21-10-19(30-12-31-21)15-9-20-25(29-11-15)35-8-7-34-20/h3-6,9-12,14H,7-8,13H2,1-2H3,(H,27,33)(H,30,31,32)/t14-/m0/s1. The number of nitrogens with one attached hydrogen (secondary N) is 2. The highest BCUT2D eigenvalue weighted by atomic mass is 32.2. The van der Waals surface area contributed by atoms with Gasteiger partial charge in [0.05, 0.1) is 22.7 Å². The van der Waals surface area contributed by atoms with Gasteiger partial charge >= 0.3 is 0 Å². The topological polar surface area (TPSA) is 111 Å². The van der Waals surface area contributed by atoms with E-state index in [1.807, 2.05) is 19.1 Å². The number of thioether (sulfide) groups is 1. The van der Waals surface area contributed by atoms with Gasteiger partial charge in [-0.15, -0.1) is 11.8 Å². The Morgan fingerprint density at radius 3 is 2.86 bits per heavy atom. The molecular formula is C25H23FN6O3S. The first-order valence-corrected chi connectivity index (χ1v) is 12.3. The lowest BCUT2D eigenvalue weighted by molar-refractivity contribution is 0.0964. The molecule has 3 aromatic heterocycles. The largest absolute Gasteiger partial charge is 0.484 e. The molecule has 9 nitrogen and oxygen atoms in total. The summed E-state index contributed by atoms with van der Waals surface area (Å²) in [6, 6.07) is 8.31. The van der Waals surface area contributed by atoms with Crippen molar-refractivity contribution >= 4 is 34.4 Å². The summed E-state index contributed by atoms with van der Waals surface area (Å²) in [4.78, 5) is 29.6. The minimum absolute atomic E-state index is 0.0312. The Kier molecular flexibility index (Phi) is 6.81. The van der Waals surface area contributed by atoms with Crippen LogP contribution in [0.15, 0.2) is 49.1 Å². The number of carbonyl (C=O) groups is 1. The summed E-state index contributed by atoms with van der Waals surface area (Å²) >= 11 is 1.60. The average molecular weight is 507 g/mol. The van der Waals surface area contributed by atoms with Crippen LogP contribution in [0.2, 0.25) is 0 Å². The second-order valence-corrected chi connectivity index (χ2v) is 9.27. The maximum Gasteiger partial charge on any atom is 0.257 e. The van der Waals surface area contributed by atoms with Gasteiger partial charge < -0.3 is 20.1 Å². The molecule has 1 amide bonds. The molecule has 2 N–H and O–H groups in total. The highest BCUT2D eigenvalue weighted by molar-refractivity contribution is 7.99. The second kappa shape index (κ2) is 10.3. The van der Waals surface area contributed by atoms with E-state index in [9.17, 15) is 9.18 Å². The van der Waals surface area contributed by atoms with Crippen LogP contribution in [0.1, 0.15) is 28.1 Å². The van der Waals surface area contributed by atoms with Gasteiger partial charge in [-0.25, -0.2) is 19.3 Å². The number of anilines is 1. The molecule has 0 radical (unpaired) electrons. The van der Waals surface area contributed by atoms with Gasteiger partial charge in [-0.1, -0.05) is 6.07 Å². The van der Waals surface area contributed by atoms with Crippen molar-refractivity contribution in [2.24, 2.45) is 0 Å². The van der Waals surface area contributed by atoms with Gasteiger partial charge in [0.25, 0.3) is 11.8 Å². The number of pyridine rings is 2. The van der Waals surface area contributed by atoms with Crippen molar-refractivity contribution in [3.63, 3.8) is 0 Å². The summed E-state index contributed by atoms with van der Waals surface area (Å²) in [5.41, 5.74) is 3.08. The van der Waals surface area contributed by atoms with Crippen LogP contribution in [0.4, 0.5) is 10.2 Å². The van der Waals surface area contributed by atoms with Gasteiger partial charge in [0.15, 0.2) is 5.75 Å². The number of ether oxygens (including phenoxy) is 2. The average Bonchev–Trinajstić information content (AvgIpc) is 2.92. The van der Waals surface area contributed by atoms with Crippen LogP contribution in [-0.2, 0) is 0 Å². The molecule has 1 aliphatic rings. The predicted octanol–water partition coefficient (Wildman–Crippen LogP) is 4.22. The number of halogens is 1. The third-order valence-corrected chi connectivity index (χ3v) is 6.79. The van der Waals surface area contributed by atoms with Gasteiger partial charge in [-0.2, -0.15) is 0 Å². The molecule has 0 saturated heterocycles. The van der Waals surface area contributed by atoms with Crippen molar-refractivity contribution in [3.8, 4) is 22.9 Å². The zero-order valence-electron chi connectivity index (χ0n) is 19.6. The van der Waals surface area contributed by atoms with E-state index in [-0.39, 0.29) is 22.1 Å². The van der Waals surface area contributed by atoms with E-state index in [4.69, 9.17) is 9.47 Å². The monoisotopic (exact) mass is 506 g/mol. The van der Waals surface area contributed by atoms with Crippen LogP contribution >= 0.6 is 11.8 Å². The highest BCUT2D eigenvalue weighted by Crippen LogP contribution is 2.35. The number of nitrogens with zero attached hydrogens (tertiary/aromatic N) is 4. The summed E-state index contributed by atoms with van der Waals surface area (Å²) < 4.78 is 25.8. The van der Waals surface area contributed by atoms with E-state index in [0.29, 0.717) is 47.7 Å². The fourth-order valence-corrected chi connectivity index (χ4v) is 4.77. The zero-order chi connectivity index (χ0) is 25.1. The number of rotatable bonds is 7. The lowest BCUT2D eigenvalue weighted by atomic mass is 10.0. The molecule has 0 bridgehead atoms. The Hall–Kier alpha value is -3.99. The van der Waals surface area contributed by atoms with Crippen molar-refractivity contribution in [2.45, 2.75) is 12.2 Å². The number of hydrogen-bond acceptors (Lipinski definition) is 9. The molecule has 36 heavy (non-hydrogen) atoms. The number of fused-ring (bicyclic) bond motifs is 2. The van der Waals surface area contributed by atoms with Gasteiger partial charge in [-0.3, -0.25) is 9.78 Å². The molecule has 0 spiro atoms. The lowest BCUT2D eigenvalue weighted by Crippen LogP contribution is -2.18. The summed E-state index contributed by atoms with van der Waals surface area (Å²) in [5.74, 6) is 1.43. The minimum Gasteiger partial charge on any atom is -0.484 e. The number of aromatic nitrogens is 4.